The van der Waals surface area contributed by atoms with Gasteiger partial charge in [0.05, 0.1) is 11.7 Å². The number of nitrogens with zero attached hydrogens (tertiary/aromatic N) is 4. The third kappa shape index (κ3) is 4.27. The van der Waals surface area contributed by atoms with Crippen LogP contribution in [0, 0.1) is 5.41 Å². The van der Waals surface area contributed by atoms with Gasteiger partial charge in [0.15, 0.2) is 6.04 Å². The van der Waals surface area contributed by atoms with Crippen LogP contribution in [0.3, 0.4) is 0 Å². The van der Waals surface area contributed by atoms with Crippen LogP contribution in [0.1, 0.15) is 64.2 Å². The largest absolute Gasteiger partial charge is 0.410 e. The Morgan fingerprint density at radius 3 is 2.41 bits per heavy atom. The lowest BCUT2D eigenvalue weighted by Gasteiger charge is -2.39. The van der Waals surface area contributed by atoms with Crippen molar-refractivity contribution < 1.29 is 21.6 Å². The molecule has 1 aromatic heterocycles. The zero-order chi connectivity index (χ0) is 21.8. The van der Waals surface area contributed by atoms with E-state index in [0.29, 0.717) is 30.9 Å². The molecule has 3 rings (SSSR count). The summed E-state index contributed by atoms with van der Waals surface area (Å²) in [6.45, 7) is 6.03. The van der Waals surface area contributed by atoms with Crippen LogP contribution in [-0.2, 0) is 10.2 Å². The van der Waals surface area contributed by atoms with Crippen LogP contribution in [0.4, 0.5) is 19.0 Å². The summed E-state index contributed by atoms with van der Waals surface area (Å²) in [5.74, 6) is 0.293. The molecule has 7 nitrogen and oxygen atoms in total. The average Bonchev–Trinajstić information content (AvgIpc) is 3.03. The Morgan fingerprint density at radius 1 is 1.21 bits per heavy atom. The normalized spacial score (nSPS) is 27.0. The highest BCUT2D eigenvalue weighted by molar-refractivity contribution is 7.86. The maximum atomic E-state index is 13.8. The van der Waals surface area contributed by atoms with Gasteiger partial charge < -0.3 is 5.32 Å². The summed E-state index contributed by atoms with van der Waals surface area (Å²) in [4.78, 5) is 0. The topological polar surface area (TPSA) is 70.5 Å². The summed E-state index contributed by atoms with van der Waals surface area (Å²) in [6.07, 6.45) is -2.51. The van der Waals surface area contributed by atoms with Crippen LogP contribution in [0.25, 0.3) is 0 Å². The van der Waals surface area contributed by atoms with Crippen molar-refractivity contribution in [1.82, 2.24) is 18.4 Å². The molecule has 1 N–H and O–H groups in total. The predicted molar refractivity (Wildman–Crippen MR) is 105 cm³/mol. The first kappa shape index (κ1) is 22.4. The van der Waals surface area contributed by atoms with Crippen LogP contribution >= 0.6 is 0 Å². The SMILES string of the molecule is CN(C)S(=O)(=O)N1CCCC[C@@H]1c1cc2n(n1)[C@@H](C(F)(F)F)C[C@@H](C(C)(C)C)N2. The molecule has 11 heteroatoms. The van der Waals surface area contributed by atoms with Crippen molar-refractivity contribution in [2.45, 2.75) is 70.8 Å². The first-order valence-corrected chi connectivity index (χ1v) is 11.2. The van der Waals surface area contributed by atoms with Gasteiger partial charge in [-0.15, -0.1) is 0 Å². The minimum absolute atomic E-state index is 0.120. The van der Waals surface area contributed by atoms with E-state index in [2.05, 4.69) is 10.4 Å². The van der Waals surface area contributed by atoms with Crippen molar-refractivity contribution in [3.63, 3.8) is 0 Å². The number of nitrogens with one attached hydrogen (secondary N) is 1. The number of alkyl halides is 3. The fourth-order valence-electron chi connectivity index (χ4n) is 4.01. The molecule has 1 saturated heterocycles. The van der Waals surface area contributed by atoms with Gasteiger partial charge in [0.25, 0.3) is 10.2 Å². The Labute approximate surface area is 170 Å². The van der Waals surface area contributed by atoms with E-state index >= 15 is 0 Å². The molecule has 1 fully saturated rings. The smallest absolute Gasteiger partial charge is 0.367 e. The lowest BCUT2D eigenvalue weighted by Crippen LogP contribution is -2.45. The standard InChI is InChI=1S/C18H30F3N5O2S/c1-17(2,3)14-11-15(18(19,20)21)26-16(22-14)10-12(23-26)13-8-6-7-9-25(13)29(27,28)24(4)5/h10,13-15,22H,6-9,11H2,1-5H3/t13-,14+,15-/m1/s1. The summed E-state index contributed by atoms with van der Waals surface area (Å²) in [7, 11) is -0.794. The van der Waals surface area contributed by atoms with E-state index in [0.717, 1.165) is 15.4 Å². The minimum atomic E-state index is -4.44. The zero-order valence-electron chi connectivity index (χ0n) is 17.5. The van der Waals surface area contributed by atoms with Crippen molar-refractivity contribution in [3.8, 4) is 0 Å². The van der Waals surface area contributed by atoms with E-state index in [1.165, 1.54) is 18.4 Å². The van der Waals surface area contributed by atoms with Gasteiger partial charge in [-0.25, -0.2) is 4.68 Å². The molecule has 166 valence electrons. The van der Waals surface area contributed by atoms with E-state index in [1.807, 2.05) is 20.8 Å². The summed E-state index contributed by atoms with van der Waals surface area (Å²) in [5.41, 5.74) is -0.00828. The average molecular weight is 438 g/mol. The summed E-state index contributed by atoms with van der Waals surface area (Å²) in [6, 6.07) is -1.10. The fourth-order valence-corrected chi connectivity index (χ4v) is 5.33. The first-order chi connectivity index (χ1) is 13.2. The molecule has 29 heavy (non-hydrogen) atoms. The number of rotatable bonds is 3. The molecule has 0 unspecified atom stereocenters. The Hall–Kier alpha value is -1.33. The van der Waals surface area contributed by atoms with Crippen LogP contribution in [0.5, 0.6) is 0 Å². The van der Waals surface area contributed by atoms with Gasteiger partial charge in [-0.2, -0.15) is 35.3 Å². The molecule has 0 bridgehead atoms. The second-order valence-corrected chi connectivity index (χ2v) is 11.3. The van der Waals surface area contributed by atoms with E-state index in [9.17, 15) is 21.6 Å². The van der Waals surface area contributed by atoms with Gasteiger partial charge in [-0.3, -0.25) is 0 Å². The number of hydrogen-bond donors (Lipinski definition) is 1. The van der Waals surface area contributed by atoms with Gasteiger partial charge in [-0.1, -0.05) is 27.2 Å². The van der Waals surface area contributed by atoms with Crippen molar-refractivity contribution in [1.29, 1.82) is 0 Å². The molecule has 0 saturated carbocycles. The van der Waals surface area contributed by atoms with Gasteiger partial charge in [0.1, 0.15) is 5.82 Å². The van der Waals surface area contributed by atoms with Crippen molar-refractivity contribution >= 4 is 16.0 Å². The van der Waals surface area contributed by atoms with Crippen molar-refractivity contribution in [2.75, 3.05) is 26.0 Å². The number of piperidine rings is 1. The second kappa shape index (κ2) is 7.42. The molecule has 2 aliphatic heterocycles. The Bertz CT molecular complexity index is 845. The number of anilines is 1. The van der Waals surface area contributed by atoms with E-state index in [-0.39, 0.29) is 17.9 Å². The zero-order valence-corrected chi connectivity index (χ0v) is 18.3. The summed E-state index contributed by atoms with van der Waals surface area (Å²) < 4.78 is 70.4. The van der Waals surface area contributed by atoms with Gasteiger partial charge in [-0.05, 0) is 24.7 Å². The van der Waals surface area contributed by atoms with Crippen LogP contribution in [0.15, 0.2) is 6.07 Å². The number of fused-ring (bicyclic) bond motifs is 1. The number of hydrogen-bond acceptors (Lipinski definition) is 4. The first-order valence-electron chi connectivity index (χ1n) is 9.85. The highest BCUT2D eigenvalue weighted by Crippen LogP contribution is 2.44. The third-order valence-electron chi connectivity index (χ3n) is 5.81. The van der Waals surface area contributed by atoms with Crippen LogP contribution in [-0.4, -0.2) is 59.7 Å². The maximum absolute atomic E-state index is 13.8. The molecular formula is C18H30F3N5O2S. The lowest BCUT2D eigenvalue weighted by atomic mass is 9.82. The van der Waals surface area contributed by atoms with E-state index in [1.54, 1.807) is 6.07 Å². The minimum Gasteiger partial charge on any atom is -0.367 e. The molecule has 2 aliphatic rings. The van der Waals surface area contributed by atoms with E-state index < -0.39 is 28.5 Å². The molecule has 0 radical (unpaired) electrons. The molecular weight excluding hydrogens is 407 g/mol. The molecule has 0 spiro atoms. The molecule has 1 aromatic rings. The Balaban J connectivity index is 2.02. The lowest BCUT2D eigenvalue weighted by molar-refractivity contribution is -0.175. The van der Waals surface area contributed by atoms with Gasteiger partial charge in [0, 0.05) is 32.7 Å². The molecule has 0 aromatic carbocycles. The van der Waals surface area contributed by atoms with Crippen LogP contribution < -0.4 is 5.32 Å². The van der Waals surface area contributed by atoms with Crippen molar-refractivity contribution in [3.05, 3.63) is 11.8 Å². The van der Waals surface area contributed by atoms with Gasteiger partial charge >= 0.3 is 6.18 Å². The monoisotopic (exact) mass is 437 g/mol. The Morgan fingerprint density at radius 2 is 1.86 bits per heavy atom. The number of halogens is 3. The second-order valence-electron chi connectivity index (χ2n) is 9.17. The molecule has 0 aliphatic carbocycles. The third-order valence-corrected chi connectivity index (χ3v) is 7.76. The quantitative estimate of drug-likeness (QED) is 0.785. The molecule has 3 heterocycles. The van der Waals surface area contributed by atoms with Crippen LogP contribution in [0.2, 0.25) is 0 Å². The summed E-state index contributed by atoms with van der Waals surface area (Å²) in [5, 5.41) is 7.47. The maximum Gasteiger partial charge on any atom is 0.410 e. The van der Waals surface area contributed by atoms with Gasteiger partial charge in [0.2, 0.25) is 0 Å². The highest BCUT2D eigenvalue weighted by Gasteiger charge is 2.49. The molecule has 0 amide bonds. The predicted octanol–water partition coefficient (Wildman–Crippen LogP) is 3.55. The fraction of sp³-hybridized carbons (Fsp3) is 0.833. The Kier molecular flexibility index (Phi) is 5.72. The van der Waals surface area contributed by atoms with Crippen molar-refractivity contribution in [2.24, 2.45) is 5.41 Å². The van der Waals surface area contributed by atoms with E-state index in [4.69, 9.17) is 0 Å². The highest BCUT2D eigenvalue weighted by atomic mass is 32.2. The molecule has 3 atom stereocenters. The summed E-state index contributed by atoms with van der Waals surface area (Å²) >= 11 is 0. The number of aromatic nitrogens is 2.